The summed E-state index contributed by atoms with van der Waals surface area (Å²) in [6, 6.07) is 9.93. The van der Waals surface area contributed by atoms with Crippen LogP contribution in [0.3, 0.4) is 0 Å². The highest BCUT2D eigenvalue weighted by molar-refractivity contribution is 6.32. The number of hydrogen-bond donors (Lipinski definition) is 1. The molecule has 0 radical (unpaired) electrons. The van der Waals surface area contributed by atoms with Gasteiger partial charge in [0.1, 0.15) is 11.3 Å². The molecule has 0 unspecified atom stereocenters. The Morgan fingerprint density at radius 1 is 1.15 bits per heavy atom. The fourth-order valence-corrected chi connectivity index (χ4v) is 1.97. The maximum Gasteiger partial charge on any atom is 0.282 e. The maximum absolute atomic E-state index is 12.2. The molecule has 20 heavy (non-hydrogen) atoms. The minimum Gasteiger partial charge on any atom is -0.465 e. The summed E-state index contributed by atoms with van der Waals surface area (Å²) in [7, 11) is 0. The normalized spacial score (nSPS) is 16.9. The van der Waals surface area contributed by atoms with E-state index in [9.17, 15) is 9.59 Å². The molecule has 2 amide bonds. The zero-order valence-corrected chi connectivity index (χ0v) is 10.9. The molecule has 0 atom stereocenters. The Morgan fingerprint density at radius 2 is 1.90 bits per heavy atom. The van der Waals surface area contributed by atoms with Gasteiger partial charge in [-0.3, -0.25) is 15.0 Å². The SMILES string of the molecule is O=C1NN(c2ccc(Cl)cc2)C(=O)C1=Cc1ccco1. The monoisotopic (exact) mass is 288 g/mol. The maximum atomic E-state index is 12.2. The lowest BCUT2D eigenvalue weighted by molar-refractivity contribution is -0.117. The quantitative estimate of drug-likeness (QED) is 0.682. The Hall–Kier alpha value is -2.53. The minimum atomic E-state index is -0.471. The first kappa shape index (κ1) is 12.5. The van der Waals surface area contributed by atoms with Gasteiger partial charge < -0.3 is 4.42 Å². The van der Waals surface area contributed by atoms with Gasteiger partial charge in [-0.25, -0.2) is 5.01 Å². The van der Waals surface area contributed by atoms with Crippen molar-refractivity contribution in [3.05, 3.63) is 59.0 Å². The van der Waals surface area contributed by atoms with Gasteiger partial charge in [-0.1, -0.05) is 11.6 Å². The zero-order chi connectivity index (χ0) is 14.1. The smallest absolute Gasteiger partial charge is 0.282 e. The number of nitrogens with one attached hydrogen (secondary N) is 1. The van der Waals surface area contributed by atoms with Gasteiger partial charge in [0.25, 0.3) is 11.8 Å². The molecule has 1 aromatic carbocycles. The van der Waals surface area contributed by atoms with Gasteiger partial charge in [-0.05, 0) is 42.5 Å². The van der Waals surface area contributed by atoms with Crippen molar-refractivity contribution in [2.75, 3.05) is 5.01 Å². The second kappa shape index (κ2) is 4.86. The van der Waals surface area contributed by atoms with E-state index < -0.39 is 11.8 Å². The molecule has 3 rings (SSSR count). The number of carbonyl (C=O) groups excluding carboxylic acids is 2. The van der Waals surface area contributed by atoms with E-state index in [0.29, 0.717) is 16.5 Å². The van der Waals surface area contributed by atoms with Gasteiger partial charge >= 0.3 is 0 Å². The van der Waals surface area contributed by atoms with Crippen molar-refractivity contribution in [2.24, 2.45) is 0 Å². The predicted octanol–water partition coefficient (Wildman–Crippen LogP) is 2.39. The summed E-state index contributed by atoms with van der Waals surface area (Å²) < 4.78 is 5.10. The Labute approximate surface area is 119 Å². The van der Waals surface area contributed by atoms with E-state index in [1.54, 1.807) is 36.4 Å². The van der Waals surface area contributed by atoms with Gasteiger partial charge in [0.05, 0.1) is 12.0 Å². The number of halogens is 1. The molecule has 1 fully saturated rings. The van der Waals surface area contributed by atoms with Crippen LogP contribution in [0.5, 0.6) is 0 Å². The average Bonchev–Trinajstić information content (AvgIpc) is 3.04. The summed E-state index contributed by atoms with van der Waals surface area (Å²) in [5, 5.41) is 1.73. The Morgan fingerprint density at radius 3 is 2.55 bits per heavy atom. The molecule has 100 valence electrons. The van der Waals surface area contributed by atoms with Crippen LogP contribution < -0.4 is 10.4 Å². The minimum absolute atomic E-state index is 0.0231. The summed E-state index contributed by atoms with van der Waals surface area (Å²) in [4.78, 5) is 24.1. The van der Waals surface area contributed by atoms with Crippen molar-refractivity contribution < 1.29 is 14.0 Å². The number of hydrogen-bond acceptors (Lipinski definition) is 3. The Kier molecular flexibility index (Phi) is 3.04. The first-order valence-electron chi connectivity index (χ1n) is 5.81. The molecule has 2 aromatic rings. The highest BCUT2D eigenvalue weighted by Crippen LogP contribution is 2.23. The Bertz CT molecular complexity index is 690. The van der Waals surface area contributed by atoms with Crippen molar-refractivity contribution in [2.45, 2.75) is 0 Å². The second-order valence-electron chi connectivity index (χ2n) is 4.13. The van der Waals surface area contributed by atoms with Crippen LogP contribution in [-0.4, -0.2) is 11.8 Å². The van der Waals surface area contributed by atoms with Crippen LogP contribution in [0.25, 0.3) is 6.08 Å². The summed E-state index contributed by atoms with van der Waals surface area (Å²) >= 11 is 5.79. The summed E-state index contributed by atoms with van der Waals surface area (Å²) in [5.74, 6) is -0.462. The molecule has 5 nitrogen and oxygen atoms in total. The van der Waals surface area contributed by atoms with Crippen LogP contribution in [0.2, 0.25) is 5.02 Å². The number of nitrogens with zero attached hydrogens (tertiary/aromatic N) is 1. The van der Waals surface area contributed by atoms with Crippen LogP contribution >= 0.6 is 11.6 Å². The zero-order valence-electron chi connectivity index (χ0n) is 10.2. The lowest BCUT2D eigenvalue weighted by atomic mass is 10.2. The summed E-state index contributed by atoms with van der Waals surface area (Å²) in [5.41, 5.74) is 3.05. The van der Waals surface area contributed by atoms with E-state index in [-0.39, 0.29) is 5.57 Å². The van der Waals surface area contributed by atoms with Crippen LogP contribution in [-0.2, 0) is 9.59 Å². The van der Waals surface area contributed by atoms with Crippen LogP contribution in [0, 0.1) is 0 Å². The molecule has 1 saturated heterocycles. The van der Waals surface area contributed by atoms with Crippen molar-refractivity contribution in [1.82, 2.24) is 5.43 Å². The molecule has 1 aromatic heterocycles. The van der Waals surface area contributed by atoms with Crippen molar-refractivity contribution in [3.63, 3.8) is 0 Å². The van der Waals surface area contributed by atoms with Gasteiger partial charge in [0.2, 0.25) is 0 Å². The topological polar surface area (TPSA) is 62.6 Å². The van der Waals surface area contributed by atoms with Crippen molar-refractivity contribution in [1.29, 1.82) is 0 Å². The number of carbonyl (C=O) groups is 2. The van der Waals surface area contributed by atoms with Crippen LogP contribution in [0.15, 0.2) is 52.7 Å². The van der Waals surface area contributed by atoms with Crippen LogP contribution in [0.4, 0.5) is 5.69 Å². The molecule has 1 N–H and O–H groups in total. The molecule has 1 aliphatic rings. The van der Waals surface area contributed by atoms with E-state index >= 15 is 0 Å². The van der Waals surface area contributed by atoms with Gasteiger partial charge in [-0.2, -0.15) is 0 Å². The lowest BCUT2D eigenvalue weighted by Gasteiger charge is -2.14. The molecule has 2 heterocycles. The summed E-state index contributed by atoms with van der Waals surface area (Å²) in [6.07, 6.45) is 2.88. The van der Waals surface area contributed by atoms with E-state index in [2.05, 4.69) is 5.43 Å². The first-order chi connectivity index (χ1) is 9.65. The number of furan rings is 1. The fourth-order valence-electron chi connectivity index (χ4n) is 1.85. The number of rotatable bonds is 2. The molecular formula is C14H9ClN2O3. The van der Waals surface area contributed by atoms with Gasteiger partial charge in [0, 0.05) is 5.02 Å². The fraction of sp³-hybridized carbons (Fsp3) is 0. The number of anilines is 1. The molecule has 6 heteroatoms. The average molecular weight is 289 g/mol. The highest BCUT2D eigenvalue weighted by Gasteiger charge is 2.34. The van der Waals surface area contributed by atoms with Crippen molar-refractivity contribution in [3.8, 4) is 0 Å². The van der Waals surface area contributed by atoms with Crippen LogP contribution in [0.1, 0.15) is 5.76 Å². The standard InChI is InChI=1S/C14H9ClN2O3/c15-9-3-5-10(6-4-9)17-14(19)12(13(18)16-17)8-11-2-1-7-20-11/h1-8H,(H,16,18). The lowest BCUT2D eigenvalue weighted by Crippen LogP contribution is -2.35. The third-order valence-electron chi connectivity index (χ3n) is 2.81. The van der Waals surface area contributed by atoms with E-state index in [0.717, 1.165) is 0 Å². The number of amides is 2. The molecule has 0 aliphatic carbocycles. The second-order valence-corrected chi connectivity index (χ2v) is 4.57. The number of hydrazine groups is 1. The Balaban J connectivity index is 1.92. The molecule has 1 aliphatic heterocycles. The van der Waals surface area contributed by atoms with Gasteiger partial charge in [0.15, 0.2) is 0 Å². The van der Waals surface area contributed by atoms with E-state index in [1.807, 2.05) is 0 Å². The molecule has 0 bridgehead atoms. The first-order valence-corrected chi connectivity index (χ1v) is 6.19. The highest BCUT2D eigenvalue weighted by atomic mass is 35.5. The molecule has 0 spiro atoms. The predicted molar refractivity (Wildman–Crippen MR) is 73.8 cm³/mol. The molecular weight excluding hydrogens is 280 g/mol. The van der Waals surface area contributed by atoms with E-state index in [4.69, 9.17) is 16.0 Å². The van der Waals surface area contributed by atoms with Gasteiger partial charge in [-0.15, -0.1) is 0 Å². The third-order valence-corrected chi connectivity index (χ3v) is 3.06. The van der Waals surface area contributed by atoms with Crippen molar-refractivity contribution >= 4 is 35.2 Å². The number of benzene rings is 1. The molecule has 0 saturated carbocycles. The summed E-state index contributed by atoms with van der Waals surface area (Å²) in [6.45, 7) is 0. The third kappa shape index (κ3) is 2.19. The largest absolute Gasteiger partial charge is 0.465 e. The van der Waals surface area contributed by atoms with E-state index in [1.165, 1.54) is 17.3 Å².